The van der Waals surface area contributed by atoms with Crippen LogP contribution >= 0.6 is 11.3 Å². The van der Waals surface area contributed by atoms with Gasteiger partial charge in [-0.2, -0.15) is 17.1 Å². The fraction of sp³-hybridized carbons (Fsp3) is 0.767. The molecular formula is C30H51N3O10S3. The molecule has 6 atom stereocenters. The molecule has 2 rings (SSSR count). The zero-order chi connectivity index (χ0) is 35.1. The van der Waals surface area contributed by atoms with E-state index in [0.29, 0.717) is 49.3 Å². The van der Waals surface area contributed by atoms with Gasteiger partial charge >= 0.3 is 11.9 Å². The zero-order valence-corrected chi connectivity index (χ0v) is 31.1. The third kappa shape index (κ3) is 9.14. The first-order valence-electron chi connectivity index (χ1n) is 15.5. The van der Waals surface area contributed by atoms with Crippen molar-refractivity contribution in [3.8, 4) is 0 Å². The molecule has 0 bridgehead atoms. The van der Waals surface area contributed by atoms with Gasteiger partial charge in [0.15, 0.2) is 6.10 Å². The fourth-order valence-electron chi connectivity index (χ4n) is 4.78. The maximum atomic E-state index is 13.4. The molecular weight excluding hydrogens is 659 g/mol. The summed E-state index contributed by atoms with van der Waals surface area (Å²) in [7, 11) is -5.28. The van der Waals surface area contributed by atoms with E-state index in [-0.39, 0.29) is 27.5 Å². The van der Waals surface area contributed by atoms with Crippen molar-refractivity contribution >= 4 is 49.5 Å². The molecule has 46 heavy (non-hydrogen) atoms. The quantitative estimate of drug-likeness (QED) is 0.133. The highest BCUT2D eigenvalue weighted by molar-refractivity contribution is 7.94. The van der Waals surface area contributed by atoms with Gasteiger partial charge < -0.3 is 24.3 Å². The lowest BCUT2D eigenvalue weighted by molar-refractivity contribution is -0.188. The SMILES string of the molecule is CCN[C@H]1CN(CCCOC)S(=O)(=O)c2sc(S(=O)(=O)N=CC(C)C(C)(CC)OC(=O)C(C)C(C)(CC)OC(=O)C(C)OC)cc21. The molecule has 0 fully saturated rings. The van der Waals surface area contributed by atoms with Crippen molar-refractivity contribution in [3.05, 3.63) is 11.6 Å². The van der Waals surface area contributed by atoms with Gasteiger partial charge in [-0.3, -0.25) is 4.79 Å². The van der Waals surface area contributed by atoms with Gasteiger partial charge in [-0.05, 0) is 59.6 Å². The Morgan fingerprint density at radius 2 is 1.72 bits per heavy atom. The summed E-state index contributed by atoms with van der Waals surface area (Å²) in [5, 5.41) is 3.26. The van der Waals surface area contributed by atoms with Crippen LogP contribution in [-0.2, 0) is 48.6 Å². The van der Waals surface area contributed by atoms with Gasteiger partial charge in [0, 0.05) is 57.7 Å². The molecule has 0 radical (unpaired) electrons. The number of carbonyl (C=O) groups is 2. The molecule has 1 N–H and O–H groups in total. The summed E-state index contributed by atoms with van der Waals surface area (Å²) in [6, 6.07) is 0.997. The lowest BCUT2D eigenvalue weighted by Gasteiger charge is -2.38. The highest BCUT2D eigenvalue weighted by atomic mass is 32.3. The highest BCUT2D eigenvalue weighted by Gasteiger charge is 2.44. The van der Waals surface area contributed by atoms with E-state index in [1.54, 1.807) is 55.6 Å². The Bertz CT molecular complexity index is 1450. The number of methoxy groups -OCH3 is 2. The topological polar surface area (TPSA) is 167 Å². The Morgan fingerprint density at radius 3 is 2.26 bits per heavy atom. The van der Waals surface area contributed by atoms with E-state index in [1.165, 1.54) is 23.7 Å². The molecule has 0 spiro atoms. The number of fused-ring (bicyclic) bond motifs is 1. The number of nitrogens with one attached hydrogen (secondary N) is 1. The first-order valence-corrected chi connectivity index (χ1v) is 19.2. The number of sulfonamides is 2. The van der Waals surface area contributed by atoms with Crippen LogP contribution in [0.5, 0.6) is 0 Å². The van der Waals surface area contributed by atoms with E-state index in [4.69, 9.17) is 18.9 Å². The number of esters is 2. The van der Waals surface area contributed by atoms with Crippen molar-refractivity contribution in [1.82, 2.24) is 9.62 Å². The number of hydrogen-bond acceptors (Lipinski definition) is 12. The Labute approximate surface area is 278 Å². The van der Waals surface area contributed by atoms with Crippen LogP contribution in [0.4, 0.5) is 0 Å². The van der Waals surface area contributed by atoms with Crippen LogP contribution in [-0.4, -0.2) is 97.1 Å². The molecule has 16 heteroatoms. The Balaban J connectivity index is 2.32. The molecule has 1 aromatic rings. The number of nitrogens with zero attached hydrogens (tertiary/aromatic N) is 2. The van der Waals surface area contributed by atoms with Crippen molar-refractivity contribution < 1.29 is 45.4 Å². The van der Waals surface area contributed by atoms with Crippen molar-refractivity contribution in [2.24, 2.45) is 16.2 Å². The number of thiophene rings is 1. The average molecular weight is 710 g/mol. The summed E-state index contributed by atoms with van der Waals surface area (Å²) in [4.78, 5) is 25.8. The minimum Gasteiger partial charge on any atom is -0.458 e. The fourth-order valence-corrected chi connectivity index (χ4v) is 9.61. The van der Waals surface area contributed by atoms with Gasteiger partial charge in [0.2, 0.25) is 0 Å². The van der Waals surface area contributed by atoms with Crippen LogP contribution < -0.4 is 5.32 Å². The number of likely N-dealkylation sites (N-methyl/N-ethyl adjacent to an activating group) is 1. The van der Waals surface area contributed by atoms with Gasteiger partial charge in [0.25, 0.3) is 20.0 Å². The normalized spacial score (nSPS) is 21.5. The molecule has 1 aliphatic rings. The summed E-state index contributed by atoms with van der Waals surface area (Å²) < 4.78 is 80.4. The summed E-state index contributed by atoms with van der Waals surface area (Å²) >= 11 is 0.676. The van der Waals surface area contributed by atoms with Gasteiger partial charge in [0.1, 0.15) is 19.6 Å². The predicted molar refractivity (Wildman–Crippen MR) is 176 cm³/mol. The van der Waals surface area contributed by atoms with Crippen LogP contribution in [0.15, 0.2) is 18.9 Å². The summed E-state index contributed by atoms with van der Waals surface area (Å²) in [6.45, 7) is 15.0. The zero-order valence-electron chi connectivity index (χ0n) is 28.6. The molecule has 2 heterocycles. The minimum atomic E-state index is -4.29. The van der Waals surface area contributed by atoms with E-state index < -0.39 is 61.1 Å². The minimum absolute atomic E-state index is 0.0233. The molecule has 1 aromatic heterocycles. The van der Waals surface area contributed by atoms with Gasteiger partial charge in [0.05, 0.1) is 5.92 Å². The Hall–Kier alpha value is -1.95. The standard InChI is InChI=1S/C30H51N3O10S3/c1-11-29(7,42-26(34)21(5)30(8,12-2)43-27(35)22(6)41-10)20(4)18-32-45(36,37)25-17-23-24(31-13-3)19-33(15-14-16-40-9)46(38,39)28(23)44-25/h17-18,20-22,24,31H,11-16,19H2,1-10H3/t20?,21?,22?,24-,29?,30?/m0/s1. The molecule has 13 nitrogen and oxygen atoms in total. The molecule has 1 aliphatic heterocycles. The second-order valence-electron chi connectivity index (χ2n) is 11.9. The van der Waals surface area contributed by atoms with Crippen LogP contribution in [0.25, 0.3) is 0 Å². The molecule has 264 valence electrons. The second-order valence-corrected chi connectivity index (χ2v) is 17.0. The van der Waals surface area contributed by atoms with Crippen molar-refractivity contribution in [3.63, 3.8) is 0 Å². The van der Waals surface area contributed by atoms with Crippen molar-refractivity contribution in [1.29, 1.82) is 0 Å². The van der Waals surface area contributed by atoms with E-state index in [1.807, 2.05) is 6.92 Å². The first-order chi connectivity index (χ1) is 21.4. The maximum absolute atomic E-state index is 13.4. The first kappa shape index (κ1) is 40.2. The highest BCUT2D eigenvalue weighted by Crippen LogP contribution is 2.41. The predicted octanol–water partition coefficient (Wildman–Crippen LogP) is 3.93. The van der Waals surface area contributed by atoms with E-state index in [9.17, 15) is 26.4 Å². The van der Waals surface area contributed by atoms with Crippen LogP contribution in [0.2, 0.25) is 0 Å². The number of ether oxygens (including phenoxy) is 4. The van der Waals surface area contributed by atoms with E-state index >= 15 is 0 Å². The van der Waals surface area contributed by atoms with Gasteiger partial charge in [-0.1, -0.05) is 27.7 Å². The third-order valence-electron chi connectivity index (χ3n) is 8.91. The van der Waals surface area contributed by atoms with Crippen molar-refractivity contribution in [2.75, 3.05) is 40.5 Å². The molecule has 0 amide bonds. The van der Waals surface area contributed by atoms with E-state index in [0.717, 1.165) is 0 Å². The average Bonchev–Trinajstić information content (AvgIpc) is 3.49. The lowest BCUT2D eigenvalue weighted by atomic mass is 9.86. The number of rotatable bonds is 18. The summed E-state index contributed by atoms with van der Waals surface area (Å²) in [5.74, 6) is -2.72. The molecule has 0 aliphatic carbocycles. The maximum Gasteiger partial charge on any atom is 0.335 e. The van der Waals surface area contributed by atoms with E-state index in [2.05, 4.69) is 9.71 Å². The monoisotopic (exact) mass is 709 g/mol. The van der Waals surface area contributed by atoms with Gasteiger partial charge in [-0.25, -0.2) is 13.2 Å². The molecule has 0 saturated heterocycles. The number of hydrogen-bond donors (Lipinski definition) is 1. The van der Waals surface area contributed by atoms with Crippen molar-refractivity contribution in [2.45, 2.75) is 106 Å². The second kappa shape index (κ2) is 16.4. The largest absolute Gasteiger partial charge is 0.458 e. The smallest absolute Gasteiger partial charge is 0.335 e. The summed E-state index contributed by atoms with van der Waals surface area (Å²) in [5.41, 5.74) is -1.92. The molecule has 5 unspecified atom stereocenters. The Morgan fingerprint density at radius 1 is 1.11 bits per heavy atom. The van der Waals surface area contributed by atoms with Gasteiger partial charge in [-0.15, -0.1) is 11.3 Å². The van der Waals surface area contributed by atoms with Crippen LogP contribution in [0.3, 0.4) is 0 Å². The third-order valence-corrected chi connectivity index (χ3v) is 14.2. The summed E-state index contributed by atoms with van der Waals surface area (Å²) in [6.07, 6.45) is 1.57. The van der Waals surface area contributed by atoms with Crippen LogP contribution in [0.1, 0.15) is 86.3 Å². The lowest BCUT2D eigenvalue weighted by Crippen LogP contribution is -2.48. The molecule has 0 aromatic carbocycles. The molecule has 0 saturated carbocycles. The Kier molecular flexibility index (Phi) is 14.4. The van der Waals surface area contributed by atoms with Crippen LogP contribution in [0, 0.1) is 11.8 Å². The number of carbonyl (C=O) groups excluding carboxylic acids is 2.